The van der Waals surface area contributed by atoms with Gasteiger partial charge in [0.1, 0.15) is 6.10 Å². The van der Waals surface area contributed by atoms with Gasteiger partial charge in [0.2, 0.25) is 0 Å². The smallest absolute Gasteiger partial charge is 0.193 e. The predicted octanol–water partition coefficient (Wildman–Crippen LogP) is 1.80. The summed E-state index contributed by atoms with van der Waals surface area (Å²) in [6.45, 7) is 7.90. The Morgan fingerprint density at radius 2 is 2.36 bits per heavy atom. The minimum atomic E-state index is 0.0664. The Balaban J connectivity index is 1.86. The van der Waals surface area contributed by atoms with Gasteiger partial charge in [-0.05, 0) is 18.8 Å². The Labute approximate surface area is 133 Å². The third-order valence-electron chi connectivity index (χ3n) is 3.92. The van der Waals surface area contributed by atoms with Crippen LogP contribution in [0.25, 0.3) is 0 Å². The molecule has 2 rings (SSSR count). The van der Waals surface area contributed by atoms with Gasteiger partial charge in [-0.3, -0.25) is 9.67 Å². The minimum Gasteiger partial charge on any atom is -0.370 e. The van der Waals surface area contributed by atoms with E-state index in [9.17, 15) is 0 Å². The van der Waals surface area contributed by atoms with Crippen LogP contribution in [0.15, 0.2) is 17.4 Å². The number of rotatable bonds is 5. The summed E-state index contributed by atoms with van der Waals surface area (Å²) >= 11 is 0. The van der Waals surface area contributed by atoms with Gasteiger partial charge in [0.15, 0.2) is 5.96 Å². The average molecular weight is 307 g/mol. The first-order valence-corrected chi connectivity index (χ1v) is 8.16. The molecule has 0 amide bonds. The summed E-state index contributed by atoms with van der Waals surface area (Å²) < 4.78 is 7.70. The zero-order valence-corrected chi connectivity index (χ0v) is 14.2. The van der Waals surface area contributed by atoms with Gasteiger partial charge in [-0.15, -0.1) is 0 Å². The minimum absolute atomic E-state index is 0.0664. The van der Waals surface area contributed by atoms with Crippen molar-refractivity contribution in [2.45, 2.75) is 32.8 Å². The van der Waals surface area contributed by atoms with Crippen molar-refractivity contribution in [3.8, 4) is 0 Å². The lowest BCUT2D eigenvalue weighted by Crippen LogP contribution is -2.48. The van der Waals surface area contributed by atoms with Crippen LogP contribution in [0.1, 0.15) is 38.4 Å². The molecule has 1 N–H and O–H groups in total. The standard InChI is InChI=1S/C16H29N5O/c1-13(2)6-5-7-18-16(17-3)21-8-9-22-15(12-21)14-10-19-20(4)11-14/h10-11,13,15H,5-9,12H2,1-4H3,(H,17,18). The Hall–Kier alpha value is -1.56. The molecule has 2 heterocycles. The molecule has 6 heteroatoms. The Bertz CT molecular complexity index is 483. The molecule has 0 saturated carbocycles. The molecule has 22 heavy (non-hydrogen) atoms. The highest BCUT2D eigenvalue weighted by Crippen LogP contribution is 2.21. The summed E-state index contributed by atoms with van der Waals surface area (Å²) in [5.74, 6) is 1.73. The highest BCUT2D eigenvalue weighted by Gasteiger charge is 2.24. The van der Waals surface area contributed by atoms with E-state index >= 15 is 0 Å². The van der Waals surface area contributed by atoms with Crippen molar-refractivity contribution < 1.29 is 4.74 Å². The van der Waals surface area contributed by atoms with Crippen molar-refractivity contribution in [2.24, 2.45) is 18.0 Å². The fourth-order valence-electron chi connectivity index (χ4n) is 2.69. The normalized spacial score (nSPS) is 19.8. The number of hydrogen-bond donors (Lipinski definition) is 1. The summed E-state index contributed by atoms with van der Waals surface area (Å²) in [6, 6.07) is 0. The molecule has 1 aromatic heterocycles. The maximum absolute atomic E-state index is 5.88. The Morgan fingerprint density at radius 1 is 1.55 bits per heavy atom. The maximum atomic E-state index is 5.88. The van der Waals surface area contributed by atoms with Gasteiger partial charge in [-0.1, -0.05) is 13.8 Å². The van der Waals surface area contributed by atoms with Gasteiger partial charge in [-0.2, -0.15) is 5.10 Å². The number of ether oxygens (including phenoxy) is 1. The van der Waals surface area contributed by atoms with E-state index in [0.29, 0.717) is 6.61 Å². The molecular weight excluding hydrogens is 278 g/mol. The molecule has 1 unspecified atom stereocenters. The Kier molecular flexibility index (Phi) is 6.24. The third kappa shape index (κ3) is 4.73. The summed E-state index contributed by atoms with van der Waals surface area (Å²) in [5.41, 5.74) is 1.13. The molecule has 0 bridgehead atoms. The number of nitrogens with zero attached hydrogens (tertiary/aromatic N) is 4. The van der Waals surface area contributed by atoms with Gasteiger partial charge in [0.05, 0.1) is 19.3 Å². The number of guanidine groups is 1. The SMILES string of the molecule is CN=C(NCCCC(C)C)N1CCOC(c2cnn(C)c2)C1. The van der Waals surface area contributed by atoms with E-state index in [1.807, 2.05) is 31.2 Å². The summed E-state index contributed by atoms with van der Waals surface area (Å²) in [7, 11) is 3.78. The van der Waals surface area contributed by atoms with Crippen molar-refractivity contribution in [3.63, 3.8) is 0 Å². The van der Waals surface area contributed by atoms with Crippen LogP contribution in [0.5, 0.6) is 0 Å². The Morgan fingerprint density at radius 3 is 3.00 bits per heavy atom. The van der Waals surface area contributed by atoms with Crippen LogP contribution in [0.4, 0.5) is 0 Å². The first-order valence-electron chi connectivity index (χ1n) is 8.16. The van der Waals surface area contributed by atoms with Gasteiger partial charge in [0.25, 0.3) is 0 Å². The maximum Gasteiger partial charge on any atom is 0.193 e. The lowest BCUT2D eigenvalue weighted by molar-refractivity contribution is -0.00802. The van der Waals surface area contributed by atoms with Crippen LogP contribution in [0.3, 0.4) is 0 Å². The molecule has 0 aliphatic carbocycles. The number of aromatic nitrogens is 2. The van der Waals surface area contributed by atoms with Crippen LogP contribution >= 0.6 is 0 Å². The van der Waals surface area contributed by atoms with Gasteiger partial charge in [0, 0.05) is 38.9 Å². The van der Waals surface area contributed by atoms with Gasteiger partial charge < -0.3 is 15.0 Å². The second-order valence-corrected chi connectivity index (χ2v) is 6.26. The molecule has 6 nitrogen and oxygen atoms in total. The largest absolute Gasteiger partial charge is 0.370 e. The fourth-order valence-corrected chi connectivity index (χ4v) is 2.69. The number of aliphatic imine (C=N–C) groups is 1. The van der Waals surface area contributed by atoms with Crippen molar-refractivity contribution in [1.29, 1.82) is 0 Å². The van der Waals surface area contributed by atoms with E-state index in [2.05, 4.69) is 34.2 Å². The van der Waals surface area contributed by atoms with Gasteiger partial charge in [-0.25, -0.2) is 0 Å². The summed E-state index contributed by atoms with van der Waals surface area (Å²) in [5, 5.41) is 7.70. The molecule has 0 spiro atoms. The molecule has 1 aromatic rings. The average Bonchev–Trinajstić information content (AvgIpc) is 2.94. The van der Waals surface area contributed by atoms with E-state index in [4.69, 9.17) is 4.74 Å². The second-order valence-electron chi connectivity index (χ2n) is 6.26. The monoisotopic (exact) mass is 307 g/mol. The highest BCUT2D eigenvalue weighted by molar-refractivity contribution is 5.80. The number of hydrogen-bond acceptors (Lipinski definition) is 3. The molecule has 1 atom stereocenters. The van der Waals surface area contributed by atoms with E-state index in [0.717, 1.165) is 37.1 Å². The number of aryl methyl sites for hydroxylation is 1. The van der Waals surface area contributed by atoms with Crippen molar-refractivity contribution >= 4 is 5.96 Å². The lowest BCUT2D eigenvalue weighted by atomic mass is 10.1. The quantitative estimate of drug-likeness (QED) is 0.512. The summed E-state index contributed by atoms with van der Waals surface area (Å²) in [6.07, 6.45) is 6.38. The molecule has 1 aliphatic rings. The third-order valence-corrected chi connectivity index (χ3v) is 3.92. The molecule has 124 valence electrons. The molecule has 1 aliphatic heterocycles. The molecule has 0 radical (unpaired) electrons. The van der Waals surface area contributed by atoms with Gasteiger partial charge >= 0.3 is 0 Å². The second kappa shape index (κ2) is 8.17. The lowest BCUT2D eigenvalue weighted by Gasteiger charge is -2.34. The topological polar surface area (TPSA) is 54.7 Å². The van der Waals surface area contributed by atoms with Crippen molar-refractivity contribution in [2.75, 3.05) is 33.3 Å². The molecule has 0 aromatic carbocycles. The molecule has 1 saturated heterocycles. The molecule has 1 fully saturated rings. The van der Waals surface area contributed by atoms with Crippen molar-refractivity contribution in [1.82, 2.24) is 20.0 Å². The van der Waals surface area contributed by atoms with Crippen LogP contribution in [0, 0.1) is 5.92 Å². The fraction of sp³-hybridized carbons (Fsp3) is 0.750. The highest BCUT2D eigenvalue weighted by atomic mass is 16.5. The van der Waals surface area contributed by atoms with Crippen LogP contribution in [0.2, 0.25) is 0 Å². The first kappa shape index (κ1) is 16.8. The first-order chi connectivity index (χ1) is 10.6. The zero-order valence-electron chi connectivity index (χ0n) is 14.2. The van der Waals surface area contributed by atoms with Crippen LogP contribution < -0.4 is 5.32 Å². The zero-order chi connectivity index (χ0) is 15.9. The van der Waals surface area contributed by atoms with E-state index < -0.39 is 0 Å². The van der Waals surface area contributed by atoms with E-state index in [1.54, 1.807) is 0 Å². The van der Waals surface area contributed by atoms with E-state index in [-0.39, 0.29) is 6.10 Å². The number of morpholine rings is 1. The van der Waals surface area contributed by atoms with Crippen LogP contribution in [-0.4, -0.2) is 53.9 Å². The van der Waals surface area contributed by atoms with Crippen molar-refractivity contribution in [3.05, 3.63) is 18.0 Å². The predicted molar refractivity (Wildman–Crippen MR) is 88.9 cm³/mol. The number of nitrogens with one attached hydrogen (secondary N) is 1. The van der Waals surface area contributed by atoms with Crippen LogP contribution in [-0.2, 0) is 11.8 Å². The molecular formula is C16H29N5O. The van der Waals surface area contributed by atoms with E-state index in [1.165, 1.54) is 12.8 Å². The summed E-state index contributed by atoms with van der Waals surface area (Å²) in [4.78, 5) is 6.69.